The van der Waals surface area contributed by atoms with E-state index in [-0.39, 0.29) is 29.5 Å². The largest absolute Gasteiger partial charge is 0.508 e. The Hall–Kier alpha value is -2.01. The lowest BCUT2D eigenvalue weighted by molar-refractivity contribution is -0.151. The van der Waals surface area contributed by atoms with Gasteiger partial charge in [0.25, 0.3) is 0 Å². The standard InChI is InChI=1S/C17H20O5/c1-9(18)14-13(21)8-17(3,22)16(10(2)19)15(14)11-4-6-12(20)7-5-11/h4-7,14-16,20,22H,8H2,1-3H3/t14-,15-,16-,17-/m1/s1. The fourth-order valence-corrected chi connectivity index (χ4v) is 3.60. The van der Waals surface area contributed by atoms with E-state index < -0.39 is 23.4 Å². The van der Waals surface area contributed by atoms with Crippen molar-refractivity contribution in [3.05, 3.63) is 29.8 Å². The minimum absolute atomic E-state index is 0.0522. The maximum absolute atomic E-state index is 12.3. The Balaban J connectivity index is 2.61. The number of carbonyl (C=O) groups excluding carboxylic acids is 3. The fourth-order valence-electron chi connectivity index (χ4n) is 3.60. The van der Waals surface area contributed by atoms with Crippen LogP contribution in [0.2, 0.25) is 0 Å². The molecule has 0 bridgehead atoms. The van der Waals surface area contributed by atoms with Gasteiger partial charge in [0.1, 0.15) is 23.1 Å². The van der Waals surface area contributed by atoms with Gasteiger partial charge in [-0.05, 0) is 38.5 Å². The molecule has 4 atom stereocenters. The number of aliphatic hydroxyl groups is 1. The summed E-state index contributed by atoms with van der Waals surface area (Å²) in [7, 11) is 0. The number of aromatic hydroxyl groups is 1. The van der Waals surface area contributed by atoms with Crippen molar-refractivity contribution in [2.24, 2.45) is 11.8 Å². The molecule has 0 spiro atoms. The second-order valence-corrected chi connectivity index (χ2v) is 6.29. The molecule has 1 fully saturated rings. The first-order valence-corrected chi connectivity index (χ1v) is 7.20. The molecule has 0 aromatic heterocycles. The van der Waals surface area contributed by atoms with Crippen molar-refractivity contribution in [3.8, 4) is 5.75 Å². The number of Topliss-reactive ketones (excluding diaryl/α,β-unsaturated/α-hetero) is 3. The molecule has 0 heterocycles. The fraction of sp³-hybridized carbons (Fsp3) is 0.471. The summed E-state index contributed by atoms with van der Waals surface area (Å²) in [6.45, 7) is 4.15. The van der Waals surface area contributed by atoms with Crippen molar-refractivity contribution in [1.82, 2.24) is 0 Å². The third-order valence-corrected chi connectivity index (χ3v) is 4.42. The Morgan fingerprint density at radius 2 is 1.68 bits per heavy atom. The summed E-state index contributed by atoms with van der Waals surface area (Å²) in [5, 5.41) is 20.0. The average molecular weight is 304 g/mol. The molecule has 118 valence electrons. The highest BCUT2D eigenvalue weighted by molar-refractivity contribution is 6.05. The molecule has 1 aliphatic carbocycles. The molecule has 2 rings (SSSR count). The van der Waals surface area contributed by atoms with Crippen molar-refractivity contribution in [3.63, 3.8) is 0 Å². The molecule has 0 radical (unpaired) electrons. The molecular formula is C17H20O5. The molecule has 1 saturated carbocycles. The third-order valence-electron chi connectivity index (χ3n) is 4.42. The van der Waals surface area contributed by atoms with Crippen molar-refractivity contribution < 1.29 is 24.6 Å². The molecule has 2 N–H and O–H groups in total. The summed E-state index contributed by atoms with van der Waals surface area (Å²) in [5.74, 6) is -3.38. The predicted octanol–water partition coefficient (Wildman–Crippen LogP) is 1.61. The number of benzene rings is 1. The predicted molar refractivity (Wildman–Crippen MR) is 79.4 cm³/mol. The zero-order chi connectivity index (χ0) is 16.7. The average Bonchev–Trinajstić information content (AvgIpc) is 2.36. The lowest BCUT2D eigenvalue weighted by Crippen LogP contribution is -2.53. The molecule has 5 nitrogen and oxygen atoms in total. The van der Waals surface area contributed by atoms with E-state index in [4.69, 9.17) is 0 Å². The van der Waals surface area contributed by atoms with Gasteiger partial charge in [-0.3, -0.25) is 14.4 Å². The Morgan fingerprint density at radius 3 is 2.14 bits per heavy atom. The van der Waals surface area contributed by atoms with Crippen LogP contribution < -0.4 is 0 Å². The molecule has 1 aromatic carbocycles. The van der Waals surface area contributed by atoms with Crippen LogP contribution in [0.15, 0.2) is 24.3 Å². The summed E-state index contributed by atoms with van der Waals surface area (Å²) in [4.78, 5) is 36.4. The van der Waals surface area contributed by atoms with Gasteiger partial charge in [-0.25, -0.2) is 0 Å². The SMILES string of the molecule is CC(=O)[C@@H]1C(=O)C[C@@](C)(O)[C@H](C(C)=O)[C@@H]1c1ccc(O)cc1. The number of carbonyl (C=O) groups is 3. The van der Waals surface area contributed by atoms with E-state index in [0.717, 1.165) is 0 Å². The van der Waals surface area contributed by atoms with E-state index in [1.165, 1.54) is 32.9 Å². The highest BCUT2D eigenvalue weighted by atomic mass is 16.3. The molecule has 0 aliphatic heterocycles. The minimum atomic E-state index is -1.49. The van der Waals surface area contributed by atoms with Gasteiger partial charge in [-0.1, -0.05) is 12.1 Å². The number of ketones is 3. The van der Waals surface area contributed by atoms with E-state index in [1.807, 2.05) is 0 Å². The van der Waals surface area contributed by atoms with Gasteiger partial charge in [-0.2, -0.15) is 0 Å². The number of phenols is 1. The van der Waals surface area contributed by atoms with Gasteiger partial charge in [-0.15, -0.1) is 0 Å². The van der Waals surface area contributed by atoms with Crippen LogP contribution in [-0.2, 0) is 14.4 Å². The van der Waals surface area contributed by atoms with Gasteiger partial charge >= 0.3 is 0 Å². The zero-order valence-electron chi connectivity index (χ0n) is 12.9. The Labute approximate surface area is 129 Å². The maximum Gasteiger partial charge on any atom is 0.146 e. The second-order valence-electron chi connectivity index (χ2n) is 6.29. The normalized spacial score (nSPS) is 31.8. The zero-order valence-corrected chi connectivity index (χ0v) is 12.9. The minimum Gasteiger partial charge on any atom is -0.508 e. The molecule has 1 aromatic rings. The smallest absolute Gasteiger partial charge is 0.146 e. The quantitative estimate of drug-likeness (QED) is 0.828. The molecule has 0 saturated heterocycles. The summed E-state index contributed by atoms with van der Waals surface area (Å²) in [5.41, 5.74) is -0.899. The third kappa shape index (κ3) is 2.81. The van der Waals surface area contributed by atoms with Crippen molar-refractivity contribution in [1.29, 1.82) is 0 Å². The van der Waals surface area contributed by atoms with E-state index >= 15 is 0 Å². The number of hydrogen-bond donors (Lipinski definition) is 2. The highest BCUT2D eigenvalue weighted by Crippen LogP contribution is 2.46. The monoisotopic (exact) mass is 304 g/mol. The van der Waals surface area contributed by atoms with Gasteiger partial charge in [0.2, 0.25) is 0 Å². The van der Waals surface area contributed by atoms with Crippen LogP contribution in [0.5, 0.6) is 5.75 Å². The molecule has 5 heteroatoms. The second kappa shape index (κ2) is 5.65. The first kappa shape index (κ1) is 16.4. The van der Waals surface area contributed by atoms with Crippen LogP contribution >= 0.6 is 0 Å². The first-order valence-electron chi connectivity index (χ1n) is 7.20. The Bertz CT molecular complexity index is 614. The van der Waals surface area contributed by atoms with E-state index in [2.05, 4.69) is 0 Å². The van der Waals surface area contributed by atoms with Crippen LogP contribution in [-0.4, -0.2) is 33.2 Å². The number of rotatable bonds is 3. The van der Waals surface area contributed by atoms with Crippen LogP contribution in [0.3, 0.4) is 0 Å². The topological polar surface area (TPSA) is 91.7 Å². The maximum atomic E-state index is 12.3. The van der Waals surface area contributed by atoms with Crippen LogP contribution in [0.4, 0.5) is 0 Å². The van der Waals surface area contributed by atoms with Gasteiger partial charge in [0, 0.05) is 12.3 Å². The Morgan fingerprint density at radius 1 is 1.14 bits per heavy atom. The molecular weight excluding hydrogens is 284 g/mol. The van der Waals surface area contributed by atoms with Crippen molar-refractivity contribution in [2.45, 2.75) is 38.7 Å². The number of hydrogen-bond acceptors (Lipinski definition) is 5. The highest BCUT2D eigenvalue weighted by Gasteiger charge is 2.53. The lowest BCUT2D eigenvalue weighted by atomic mass is 9.60. The first-order chi connectivity index (χ1) is 10.1. The van der Waals surface area contributed by atoms with Gasteiger partial charge in [0.15, 0.2) is 0 Å². The molecule has 1 aliphatic rings. The summed E-state index contributed by atoms with van der Waals surface area (Å²) in [6.07, 6.45) is -0.212. The van der Waals surface area contributed by atoms with Crippen LogP contribution in [0.25, 0.3) is 0 Å². The van der Waals surface area contributed by atoms with E-state index in [9.17, 15) is 24.6 Å². The van der Waals surface area contributed by atoms with Gasteiger partial charge in [0.05, 0.1) is 17.4 Å². The van der Waals surface area contributed by atoms with E-state index in [1.54, 1.807) is 12.1 Å². The summed E-state index contributed by atoms with van der Waals surface area (Å²) < 4.78 is 0. The molecule has 0 unspecified atom stereocenters. The van der Waals surface area contributed by atoms with Crippen molar-refractivity contribution >= 4 is 17.3 Å². The van der Waals surface area contributed by atoms with Crippen molar-refractivity contribution in [2.75, 3.05) is 0 Å². The summed E-state index contributed by atoms with van der Waals surface area (Å²) >= 11 is 0. The Kier molecular flexibility index (Phi) is 4.20. The lowest BCUT2D eigenvalue weighted by Gasteiger charge is -2.44. The van der Waals surface area contributed by atoms with E-state index in [0.29, 0.717) is 5.56 Å². The molecule has 22 heavy (non-hydrogen) atoms. The van der Waals surface area contributed by atoms with Crippen LogP contribution in [0, 0.1) is 11.8 Å². The molecule has 0 amide bonds. The summed E-state index contributed by atoms with van der Waals surface area (Å²) in [6, 6.07) is 6.05. The number of phenolic OH excluding ortho intramolecular Hbond substituents is 1. The van der Waals surface area contributed by atoms with Gasteiger partial charge < -0.3 is 10.2 Å². The van der Waals surface area contributed by atoms with Crippen LogP contribution in [0.1, 0.15) is 38.7 Å².